The van der Waals surface area contributed by atoms with Crippen molar-refractivity contribution in [1.82, 2.24) is 0 Å². The molecule has 0 amide bonds. The third-order valence-electron chi connectivity index (χ3n) is 1.27. The lowest BCUT2D eigenvalue weighted by Crippen LogP contribution is -2.42. The second-order valence-corrected chi connectivity index (χ2v) is 3.79. The number of quaternary nitrogens is 1. The van der Waals surface area contributed by atoms with Crippen LogP contribution in [0.15, 0.2) is 0 Å². The molecule has 1 unspecified atom stereocenters. The Morgan fingerprint density at radius 3 is 2.27 bits per heavy atom. The Hall–Kier alpha value is -0.120. The predicted molar refractivity (Wildman–Crippen MR) is 45.4 cm³/mol. The summed E-state index contributed by atoms with van der Waals surface area (Å²) in [6.45, 7) is 3.79. The topological polar surface area (TPSA) is 29.5 Å². The van der Waals surface area contributed by atoms with E-state index in [2.05, 4.69) is 21.1 Å². The van der Waals surface area contributed by atoms with E-state index in [-0.39, 0.29) is 6.10 Å². The fourth-order valence-corrected chi connectivity index (χ4v) is 0.939. The highest BCUT2D eigenvalue weighted by Gasteiger charge is 2.14. The number of rotatable bonds is 5. The van der Waals surface area contributed by atoms with Crippen molar-refractivity contribution < 1.29 is 14.3 Å². The lowest BCUT2D eigenvalue weighted by Gasteiger charge is -2.26. The van der Waals surface area contributed by atoms with Crippen LogP contribution in [0, 0.1) is 0 Å². The van der Waals surface area contributed by atoms with Crippen LogP contribution in [0.4, 0.5) is 0 Å². The van der Waals surface area contributed by atoms with Crippen LogP contribution >= 0.6 is 0 Å². The highest BCUT2D eigenvalue weighted by Crippen LogP contribution is 1.95. The molecule has 1 N–H and O–H groups in total. The van der Waals surface area contributed by atoms with Crippen molar-refractivity contribution in [3.63, 3.8) is 0 Å². The monoisotopic (exact) mass is 162 g/mol. The summed E-state index contributed by atoms with van der Waals surface area (Å²) < 4.78 is 5.85. The average molecular weight is 162 g/mol. The lowest BCUT2D eigenvalue weighted by molar-refractivity contribution is -0.873. The van der Waals surface area contributed by atoms with E-state index in [4.69, 9.17) is 4.74 Å². The molecule has 0 saturated heterocycles. The Morgan fingerprint density at radius 2 is 1.91 bits per heavy atom. The van der Waals surface area contributed by atoms with E-state index in [0.29, 0.717) is 13.2 Å². The van der Waals surface area contributed by atoms with E-state index in [1.165, 1.54) is 0 Å². The maximum absolute atomic E-state index is 9.38. The minimum absolute atomic E-state index is 0.338. The summed E-state index contributed by atoms with van der Waals surface area (Å²) in [5, 5.41) is 9.38. The molecule has 11 heavy (non-hydrogen) atoms. The van der Waals surface area contributed by atoms with Gasteiger partial charge in [0.2, 0.25) is 0 Å². The van der Waals surface area contributed by atoms with Crippen molar-refractivity contribution in [2.45, 2.75) is 13.0 Å². The summed E-state index contributed by atoms with van der Waals surface area (Å²) in [4.78, 5) is 0. The van der Waals surface area contributed by atoms with Gasteiger partial charge in [-0.3, -0.25) is 0 Å². The molecule has 0 radical (unpaired) electrons. The van der Waals surface area contributed by atoms with Crippen LogP contribution in [0.1, 0.15) is 6.92 Å². The smallest absolute Gasteiger partial charge is 0.126 e. The molecule has 0 spiro atoms. The zero-order valence-corrected chi connectivity index (χ0v) is 8.00. The molecule has 0 aromatic carbocycles. The molecule has 3 heteroatoms. The van der Waals surface area contributed by atoms with Crippen LogP contribution in [0.2, 0.25) is 0 Å². The maximum atomic E-state index is 9.38. The number of likely N-dealkylation sites (N-methyl/N-ethyl adjacent to an activating group) is 1. The van der Waals surface area contributed by atoms with Crippen LogP contribution in [0.5, 0.6) is 0 Å². The molecule has 68 valence electrons. The molecule has 0 heterocycles. The lowest BCUT2D eigenvalue weighted by atomic mass is 10.3. The molecule has 0 saturated carbocycles. The summed E-state index contributed by atoms with van der Waals surface area (Å²) in [6.07, 6.45) is -0.338. The molecule has 0 bridgehead atoms. The van der Waals surface area contributed by atoms with E-state index in [1.807, 2.05) is 6.92 Å². The number of nitrogens with zero attached hydrogens (tertiary/aromatic N) is 1. The minimum atomic E-state index is -0.338. The van der Waals surface area contributed by atoms with Crippen LogP contribution < -0.4 is 0 Å². The van der Waals surface area contributed by atoms with Gasteiger partial charge < -0.3 is 14.3 Å². The Labute approximate surface area is 69.2 Å². The summed E-state index contributed by atoms with van der Waals surface area (Å²) in [6, 6.07) is 0. The van der Waals surface area contributed by atoms with Crippen molar-refractivity contribution in [3.8, 4) is 0 Å². The zero-order valence-electron chi connectivity index (χ0n) is 8.00. The molecule has 0 aliphatic carbocycles. The Kier molecular flexibility index (Phi) is 4.65. The van der Waals surface area contributed by atoms with Gasteiger partial charge in [-0.05, 0) is 6.92 Å². The normalized spacial score (nSPS) is 15.0. The van der Waals surface area contributed by atoms with Crippen molar-refractivity contribution in [3.05, 3.63) is 0 Å². The summed E-state index contributed by atoms with van der Waals surface area (Å²) in [7, 11) is 6.15. The standard InChI is InChI=1S/C8H20NO2/c1-5-11-7-8(10)6-9(2,3)4/h8,10H,5-7H2,1-4H3/q+1. The SMILES string of the molecule is CCOCC(O)C[N+](C)(C)C. The van der Waals surface area contributed by atoms with Gasteiger partial charge in [0.05, 0.1) is 27.7 Å². The summed E-state index contributed by atoms with van der Waals surface area (Å²) in [5.41, 5.74) is 0. The number of aliphatic hydroxyl groups excluding tert-OH is 1. The molecule has 0 rings (SSSR count). The molecule has 1 atom stereocenters. The minimum Gasteiger partial charge on any atom is -0.385 e. The first kappa shape index (κ1) is 10.9. The van der Waals surface area contributed by atoms with Crippen LogP contribution in [0.3, 0.4) is 0 Å². The largest absolute Gasteiger partial charge is 0.385 e. The fraction of sp³-hybridized carbons (Fsp3) is 1.00. The first-order valence-corrected chi connectivity index (χ1v) is 4.02. The average Bonchev–Trinajstić information content (AvgIpc) is 1.79. The van der Waals surface area contributed by atoms with E-state index in [9.17, 15) is 5.11 Å². The van der Waals surface area contributed by atoms with Crippen molar-refractivity contribution >= 4 is 0 Å². The van der Waals surface area contributed by atoms with Gasteiger partial charge in [-0.15, -0.1) is 0 Å². The molecular formula is C8H20NO2+. The Bertz CT molecular complexity index is 98.8. The summed E-state index contributed by atoms with van der Waals surface area (Å²) in [5.74, 6) is 0. The molecular weight excluding hydrogens is 142 g/mol. The third-order valence-corrected chi connectivity index (χ3v) is 1.27. The van der Waals surface area contributed by atoms with Gasteiger partial charge in [-0.2, -0.15) is 0 Å². The molecule has 0 aromatic rings. The predicted octanol–water partition coefficient (Wildman–Crippen LogP) is 0.0900. The van der Waals surface area contributed by atoms with Gasteiger partial charge in [0.15, 0.2) is 0 Å². The van der Waals surface area contributed by atoms with E-state index < -0.39 is 0 Å². The number of hydrogen-bond acceptors (Lipinski definition) is 2. The second-order valence-electron chi connectivity index (χ2n) is 3.79. The van der Waals surface area contributed by atoms with Crippen LogP contribution in [0.25, 0.3) is 0 Å². The highest BCUT2D eigenvalue weighted by molar-refractivity contribution is 4.49. The van der Waals surface area contributed by atoms with E-state index >= 15 is 0 Å². The molecule has 3 nitrogen and oxygen atoms in total. The van der Waals surface area contributed by atoms with Crippen molar-refractivity contribution in [2.24, 2.45) is 0 Å². The second kappa shape index (κ2) is 4.70. The summed E-state index contributed by atoms with van der Waals surface area (Å²) >= 11 is 0. The van der Waals surface area contributed by atoms with E-state index in [0.717, 1.165) is 11.0 Å². The number of hydrogen-bond donors (Lipinski definition) is 1. The van der Waals surface area contributed by atoms with Crippen LogP contribution in [-0.4, -0.2) is 56.6 Å². The van der Waals surface area contributed by atoms with Crippen LogP contribution in [-0.2, 0) is 4.74 Å². The molecule has 0 fully saturated rings. The van der Waals surface area contributed by atoms with Gasteiger partial charge in [0.1, 0.15) is 12.6 Å². The Morgan fingerprint density at radius 1 is 1.36 bits per heavy atom. The molecule has 0 aromatic heterocycles. The van der Waals surface area contributed by atoms with Crippen molar-refractivity contribution in [2.75, 3.05) is 40.9 Å². The van der Waals surface area contributed by atoms with Gasteiger partial charge in [-0.1, -0.05) is 0 Å². The molecule has 0 aliphatic heterocycles. The van der Waals surface area contributed by atoms with Gasteiger partial charge >= 0.3 is 0 Å². The molecule has 0 aliphatic rings. The van der Waals surface area contributed by atoms with E-state index in [1.54, 1.807) is 0 Å². The fourth-order valence-electron chi connectivity index (χ4n) is 0.939. The third kappa shape index (κ3) is 7.78. The first-order chi connectivity index (χ1) is 4.95. The first-order valence-electron chi connectivity index (χ1n) is 4.02. The van der Waals surface area contributed by atoms with Gasteiger partial charge in [0, 0.05) is 6.61 Å². The number of aliphatic hydroxyl groups is 1. The van der Waals surface area contributed by atoms with Gasteiger partial charge in [0.25, 0.3) is 0 Å². The zero-order chi connectivity index (χ0) is 8.91. The van der Waals surface area contributed by atoms with Crippen molar-refractivity contribution in [1.29, 1.82) is 0 Å². The highest BCUT2D eigenvalue weighted by atomic mass is 16.5. The number of ether oxygens (including phenoxy) is 1. The van der Waals surface area contributed by atoms with Gasteiger partial charge in [-0.25, -0.2) is 0 Å². The Balaban J connectivity index is 3.44. The maximum Gasteiger partial charge on any atom is 0.126 e. The quantitative estimate of drug-likeness (QED) is 0.581.